The van der Waals surface area contributed by atoms with Crippen molar-refractivity contribution < 1.29 is 9.59 Å². The van der Waals surface area contributed by atoms with Gasteiger partial charge >= 0.3 is 0 Å². The van der Waals surface area contributed by atoms with Gasteiger partial charge in [-0.15, -0.1) is 0 Å². The smallest absolute Gasteiger partial charge is 0.225 e. The Morgan fingerprint density at radius 3 is 2.50 bits per heavy atom. The highest BCUT2D eigenvalue weighted by Crippen LogP contribution is 2.26. The molecule has 6 nitrogen and oxygen atoms in total. The van der Waals surface area contributed by atoms with Crippen molar-refractivity contribution in [3.05, 3.63) is 65.7 Å². The fourth-order valence-corrected chi connectivity index (χ4v) is 3.18. The lowest BCUT2D eigenvalue weighted by atomic mass is 10.1. The van der Waals surface area contributed by atoms with Crippen molar-refractivity contribution in [2.45, 2.75) is 32.6 Å². The quantitative estimate of drug-likeness (QED) is 0.516. The Bertz CT molecular complexity index is 1000. The summed E-state index contributed by atoms with van der Waals surface area (Å²) < 4.78 is 1.67. The average Bonchev–Trinajstić information content (AvgIpc) is 3.16. The molecule has 7 heteroatoms. The van der Waals surface area contributed by atoms with Gasteiger partial charge in [0.25, 0.3) is 0 Å². The highest BCUT2D eigenvalue weighted by atomic mass is 35.5. The number of halogens is 1. The van der Waals surface area contributed by atoms with E-state index in [9.17, 15) is 9.59 Å². The number of aromatic nitrogens is 2. The van der Waals surface area contributed by atoms with E-state index < -0.39 is 0 Å². The van der Waals surface area contributed by atoms with Crippen molar-refractivity contribution in [1.29, 1.82) is 0 Å². The van der Waals surface area contributed by atoms with Crippen LogP contribution in [0.4, 0.5) is 5.82 Å². The minimum atomic E-state index is -0.166. The molecule has 1 aromatic heterocycles. The highest BCUT2D eigenvalue weighted by Gasteiger charge is 2.14. The predicted octanol–water partition coefficient (Wildman–Crippen LogP) is 4.83. The summed E-state index contributed by atoms with van der Waals surface area (Å²) in [5.74, 6) is 0.359. The molecule has 0 spiro atoms. The molecule has 30 heavy (non-hydrogen) atoms. The molecule has 0 saturated heterocycles. The predicted molar refractivity (Wildman–Crippen MR) is 120 cm³/mol. The summed E-state index contributed by atoms with van der Waals surface area (Å²) in [5, 5.41) is 11.0. The molecule has 0 aliphatic rings. The van der Waals surface area contributed by atoms with E-state index in [4.69, 9.17) is 11.6 Å². The van der Waals surface area contributed by atoms with Gasteiger partial charge in [-0.3, -0.25) is 9.59 Å². The van der Waals surface area contributed by atoms with Crippen molar-refractivity contribution in [3.63, 3.8) is 0 Å². The van der Waals surface area contributed by atoms with E-state index in [-0.39, 0.29) is 18.2 Å². The van der Waals surface area contributed by atoms with E-state index in [2.05, 4.69) is 15.7 Å². The number of hydrogen-bond acceptors (Lipinski definition) is 3. The van der Waals surface area contributed by atoms with Gasteiger partial charge in [-0.1, -0.05) is 54.9 Å². The molecular formula is C23H25ClN4O2. The molecule has 156 valence electrons. The summed E-state index contributed by atoms with van der Waals surface area (Å²) in [5.41, 5.74) is 2.44. The summed E-state index contributed by atoms with van der Waals surface area (Å²) in [7, 11) is 0. The molecular weight excluding hydrogens is 400 g/mol. The minimum absolute atomic E-state index is 0.0278. The lowest BCUT2D eigenvalue weighted by molar-refractivity contribution is -0.121. The topological polar surface area (TPSA) is 76.0 Å². The third kappa shape index (κ3) is 5.94. The first-order valence-corrected chi connectivity index (χ1v) is 10.4. The lowest BCUT2D eigenvalue weighted by Gasteiger charge is -2.09. The van der Waals surface area contributed by atoms with Crippen LogP contribution in [-0.4, -0.2) is 28.1 Å². The Kier molecular flexibility index (Phi) is 7.63. The fraction of sp³-hybridized carbons (Fsp3) is 0.261. The number of carbonyl (C=O) groups excluding carboxylic acids is 2. The first-order chi connectivity index (χ1) is 14.6. The highest BCUT2D eigenvalue weighted by molar-refractivity contribution is 6.30. The van der Waals surface area contributed by atoms with Crippen molar-refractivity contribution in [2.24, 2.45) is 0 Å². The van der Waals surface area contributed by atoms with Gasteiger partial charge in [-0.2, -0.15) is 5.10 Å². The number of hydrogen-bond donors (Lipinski definition) is 2. The number of nitrogens with one attached hydrogen (secondary N) is 2. The molecule has 3 rings (SSSR count). The van der Waals surface area contributed by atoms with Gasteiger partial charge in [0, 0.05) is 36.0 Å². The molecule has 0 saturated carbocycles. The summed E-state index contributed by atoms with van der Waals surface area (Å²) in [4.78, 5) is 24.2. The van der Waals surface area contributed by atoms with E-state index in [0.29, 0.717) is 30.2 Å². The van der Waals surface area contributed by atoms with Gasteiger partial charge in [0.05, 0.1) is 11.4 Å². The van der Waals surface area contributed by atoms with E-state index >= 15 is 0 Å². The van der Waals surface area contributed by atoms with Gasteiger partial charge in [0.15, 0.2) is 0 Å². The van der Waals surface area contributed by atoms with Crippen molar-refractivity contribution in [1.82, 2.24) is 15.1 Å². The Hall–Kier alpha value is -3.12. The lowest BCUT2D eigenvalue weighted by Crippen LogP contribution is -2.24. The number of amides is 2. The van der Waals surface area contributed by atoms with Crippen LogP contribution in [0.5, 0.6) is 0 Å². The van der Waals surface area contributed by atoms with Crippen molar-refractivity contribution >= 4 is 29.2 Å². The molecule has 0 unspecified atom stereocenters. The summed E-state index contributed by atoms with van der Waals surface area (Å²) in [6.45, 7) is 2.66. The maximum absolute atomic E-state index is 12.5. The molecule has 1 heterocycles. The zero-order valence-corrected chi connectivity index (χ0v) is 17.7. The van der Waals surface area contributed by atoms with Crippen molar-refractivity contribution in [2.75, 3.05) is 11.9 Å². The molecule has 0 bridgehead atoms. The maximum Gasteiger partial charge on any atom is 0.225 e. The van der Waals surface area contributed by atoms with E-state index in [0.717, 1.165) is 23.4 Å². The van der Waals surface area contributed by atoms with Crippen LogP contribution in [0.1, 0.15) is 32.6 Å². The second-order valence-electron chi connectivity index (χ2n) is 6.92. The first kappa shape index (κ1) is 21.6. The standard InChI is InChI=1S/C23H25ClN4O2/c1-2-14-25-22(29)12-7-13-23(30)26-21-16-20(17-8-4-3-5-9-17)27-28(21)19-11-6-10-18(24)15-19/h3-6,8-11,15-16H,2,7,12-14H2,1H3,(H,25,29)(H,26,30). The van der Waals surface area contributed by atoms with E-state index in [1.54, 1.807) is 16.8 Å². The first-order valence-electron chi connectivity index (χ1n) is 10.0. The summed E-state index contributed by atoms with van der Waals surface area (Å²) in [6.07, 6.45) is 1.96. The second-order valence-corrected chi connectivity index (χ2v) is 7.36. The fourth-order valence-electron chi connectivity index (χ4n) is 2.99. The number of rotatable bonds is 9. The van der Waals surface area contributed by atoms with Gasteiger partial charge in [0.2, 0.25) is 11.8 Å². The van der Waals surface area contributed by atoms with Gasteiger partial charge < -0.3 is 10.6 Å². The van der Waals surface area contributed by atoms with Crippen LogP contribution >= 0.6 is 11.6 Å². The molecule has 2 amide bonds. The Morgan fingerprint density at radius 2 is 1.77 bits per heavy atom. The largest absolute Gasteiger partial charge is 0.356 e. The molecule has 3 aromatic rings. The maximum atomic E-state index is 12.5. The van der Waals surface area contributed by atoms with Crippen LogP contribution in [0.25, 0.3) is 16.9 Å². The average molecular weight is 425 g/mol. The molecule has 2 N–H and O–H groups in total. The number of nitrogens with zero attached hydrogens (tertiary/aromatic N) is 2. The summed E-state index contributed by atoms with van der Waals surface area (Å²) >= 11 is 6.14. The zero-order chi connectivity index (χ0) is 21.3. The van der Waals surface area contributed by atoms with E-state index in [1.807, 2.05) is 55.5 Å². The molecule has 0 fully saturated rings. The number of anilines is 1. The van der Waals surface area contributed by atoms with Crippen LogP contribution < -0.4 is 10.6 Å². The van der Waals surface area contributed by atoms with E-state index in [1.165, 1.54) is 0 Å². The number of benzene rings is 2. The van der Waals surface area contributed by atoms with Gasteiger partial charge in [-0.05, 0) is 31.0 Å². The third-order valence-electron chi connectivity index (χ3n) is 4.48. The monoisotopic (exact) mass is 424 g/mol. The second kappa shape index (κ2) is 10.6. The Labute approximate surface area is 181 Å². The Balaban J connectivity index is 1.75. The van der Waals surface area contributed by atoms with Crippen LogP contribution in [0.15, 0.2) is 60.7 Å². The molecule has 0 aliphatic carbocycles. The zero-order valence-electron chi connectivity index (χ0n) is 16.9. The molecule has 0 radical (unpaired) electrons. The van der Waals surface area contributed by atoms with Crippen LogP contribution in [0.3, 0.4) is 0 Å². The normalized spacial score (nSPS) is 10.6. The molecule has 0 aliphatic heterocycles. The number of carbonyl (C=O) groups is 2. The molecule has 2 aromatic carbocycles. The SMILES string of the molecule is CCCNC(=O)CCCC(=O)Nc1cc(-c2ccccc2)nn1-c1cccc(Cl)c1. The minimum Gasteiger partial charge on any atom is -0.356 e. The van der Waals surface area contributed by atoms with Gasteiger partial charge in [-0.25, -0.2) is 4.68 Å². The van der Waals surface area contributed by atoms with Gasteiger partial charge in [0.1, 0.15) is 5.82 Å². The third-order valence-corrected chi connectivity index (χ3v) is 4.71. The van der Waals surface area contributed by atoms with Crippen LogP contribution in [-0.2, 0) is 9.59 Å². The summed E-state index contributed by atoms with van der Waals surface area (Å²) in [6, 6.07) is 18.9. The van der Waals surface area contributed by atoms with Crippen molar-refractivity contribution in [3.8, 4) is 16.9 Å². The molecule has 0 atom stereocenters. The van der Waals surface area contributed by atoms with Crippen LogP contribution in [0, 0.1) is 0 Å². The Morgan fingerprint density at radius 1 is 1.00 bits per heavy atom. The van der Waals surface area contributed by atoms with Crippen LogP contribution in [0.2, 0.25) is 5.02 Å².